The van der Waals surface area contributed by atoms with E-state index in [2.05, 4.69) is 23.8 Å². The second-order valence-electron chi connectivity index (χ2n) is 5.46. The third-order valence-electron chi connectivity index (χ3n) is 3.56. The van der Waals surface area contributed by atoms with Gasteiger partial charge in [-0.3, -0.25) is 15.1 Å². The molecule has 5 nitrogen and oxygen atoms in total. The fourth-order valence-corrected chi connectivity index (χ4v) is 3.22. The highest BCUT2D eigenvalue weighted by atomic mass is 32.1. The normalized spacial score (nSPS) is 10.9. The lowest BCUT2D eigenvalue weighted by Gasteiger charge is -2.09. The van der Waals surface area contributed by atoms with Crippen LogP contribution in [-0.2, 0) is 0 Å². The Balaban J connectivity index is 2.02. The first-order valence-electron chi connectivity index (χ1n) is 7.21. The fraction of sp³-hybridized carbons (Fsp3) is 0.176. The van der Waals surface area contributed by atoms with Gasteiger partial charge in [0.1, 0.15) is 5.01 Å². The predicted octanol–water partition coefficient (Wildman–Crippen LogP) is 4.90. The number of nitro benzene ring substituents is 1. The first kappa shape index (κ1) is 15.3. The standard InChI is InChI=1S/C17H15N3O2S/c1-11(2)14-6-7-18-9-15(14)16-10-23-17(19-16)12-4-3-5-13(8-12)20(21)22/h3-11H,1-2H3. The van der Waals surface area contributed by atoms with Crippen molar-refractivity contribution >= 4 is 17.0 Å². The van der Waals surface area contributed by atoms with Crippen LogP contribution in [0, 0.1) is 10.1 Å². The van der Waals surface area contributed by atoms with Crippen molar-refractivity contribution in [2.24, 2.45) is 0 Å². The van der Waals surface area contributed by atoms with Gasteiger partial charge < -0.3 is 0 Å². The second kappa shape index (κ2) is 6.26. The molecule has 0 aliphatic rings. The Morgan fingerprint density at radius 1 is 1.26 bits per heavy atom. The Labute approximate surface area is 137 Å². The zero-order valence-electron chi connectivity index (χ0n) is 12.8. The van der Waals surface area contributed by atoms with Gasteiger partial charge in [-0.15, -0.1) is 11.3 Å². The molecule has 0 spiro atoms. The number of hydrogen-bond donors (Lipinski definition) is 0. The summed E-state index contributed by atoms with van der Waals surface area (Å²) in [5.74, 6) is 0.371. The number of thiazole rings is 1. The maximum atomic E-state index is 10.9. The van der Waals surface area contributed by atoms with Gasteiger partial charge >= 0.3 is 0 Å². The summed E-state index contributed by atoms with van der Waals surface area (Å²) < 4.78 is 0. The van der Waals surface area contributed by atoms with Crippen molar-refractivity contribution in [3.8, 4) is 21.8 Å². The molecule has 0 amide bonds. The van der Waals surface area contributed by atoms with Crippen LogP contribution in [0.3, 0.4) is 0 Å². The SMILES string of the molecule is CC(C)c1ccncc1-c1csc(-c2cccc([N+](=O)[O-])c2)n1. The Bertz CT molecular complexity index is 858. The molecule has 23 heavy (non-hydrogen) atoms. The van der Waals surface area contributed by atoms with Gasteiger partial charge in [0, 0.05) is 41.0 Å². The highest BCUT2D eigenvalue weighted by molar-refractivity contribution is 7.13. The summed E-state index contributed by atoms with van der Waals surface area (Å²) in [5, 5.41) is 13.6. The Morgan fingerprint density at radius 3 is 2.83 bits per heavy atom. The minimum atomic E-state index is -0.393. The van der Waals surface area contributed by atoms with Crippen LogP contribution in [0.15, 0.2) is 48.1 Å². The molecule has 0 saturated carbocycles. The van der Waals surface area contributed by atoms with Gasteiger partial charge in [0.05, 0.1) is 10.6 Å². The molecular weight excluding hydrogens is 310 g/mol. The van der Waals surface area contributed by atoms with E-state index in [1.165, 1.54) is 23.0 Å². The lowest BCUT2D eigenvalue weighted by Crippen LogP contribution is -1.93. The number of nitro groups is 1. The molecule has 0 fully saturated rings. The van der Waals surface area contributed by atoms with E-state index in [0.29, 0.717) is 5.92 Å². The van der Waals surface area contributed by atoms with Crippen LogP contribution >= 0.6 is 11.3 Å². The number of non-ortho nitro benzene ring substituents is 1. The summed E-state index contributed by atoms with van der Waals surface area (Å²) in [6, 6.07) is 8.55. The van der Waals surface area contributed by atoms with Crippen LogP contribution in [-0.4, -0.2) is 14.9 Å². The Hall–Kier alpha value is -2.60. The van der Waals surface area contributed by atoms with Crippen LogP contribution in [0.4, 0.5) is 5.69 Å². The second-order valence-corrected chi connectivity index (χ2v) is 6.32. The van der Waals surface area contributed by atoms with Gasteiger partial charge in [0.25, 0.3) is 5.69 Å². The molecule has 0 N–H and O–H groups in total. The molecule has 0 saturated heterocycles. The Kier molecular flexibility index (Phi) is 4.16. The number of benzene rings is 1. The van der Waals surface area contributed by atoms with Gasteiger partial charge in [-0.05, 0) is 17.5 Å². The molecule has 2 heterocycles. The zero-order valence-corrected chi connectivity index (χ0v) is 13.6. The largest absolute Gasteiger partial charge is 0.270 e. The minimum Gasteiger partial charge on any atom is -0.264 e. The lowest BCUT2D eigenvalue weighted by molar-refractivity contribution is -0.384. The van der Waals surface area contributed by atoms with Crippen molar-refractivity contribution in [1.29, 1.82) is 0 Å². The molecular formula is C17H15N3O2S. The summed E-state index contributed by atoms with van der Waals surface area (Å²) in [7, 11) is 0. The van der Waals surface area contributed by atoms with Crippen molar-refractivity contribution in [3.63, 3.8) is 0 Å². The van der Waals surface area contributed by atoms with E-state index in [0.717, 1.165) is 21.8 Å². The van der Waals surface area contributed by atoms with Crippen LogP contribution in [0.25, 0.3) is 21.8 Å². The number of nitrogens with zero attached hydrogens (tertiary/aromatic N) is 3. The molecule has 0 aliphatic heterocycles. The van der Waals surface area contributed by atoms with E-state index in [9.17, 15) is 10.1 Å². The van der Waals surface area contributed by atoms with Crippen LogP contribution < -0.4 is 0 Å². The molecule has 0 bridgehead atoms. The third-order valence-corrected chi connectivity index (χ3v) is 4.45. The smallest absolute Gasteiger partial charge is 0.264 e. The number of rotatable bonds is 4. The van der Waals surface area contributed by atoms with Gasteiger partial charge in [0.2, 0.25) is 0 Å². The monoisotopic (exact) mass is 325 g/mol. The minimum absolute atomic E-state index is 0.0727. The molecule has 3 rings (SSSR count). The van der Waals surface area contributed by atoms with E-state index >= 15 is 0 Å². The number of pyridine rings is 1. The molecule has 0 unspecified atom stereocenters. The first-order chi connectivity index (χ1) is 11.1. The van der Waals surface area contributed by atoms with Gasteiger partial charge in [-0.2, -0.15) is 0 Å². The van der Waals surface area contributed by atoms with Crippen molar-refractivity contribution in [2.45, 2.75) is 19.8 Å². The highest BCUT2D eigenvalue weighted by Gasteiger charge is 2.14. The molecule has 1 aromatic carbocycles. The summed E-state index contributed by atoms with van der Waals surface area (Å²) in [6.45, 7) is 4.26. The summed E-state index contributed by atoms with van der Waals surface area (Å²) >= 11 is 1.48. The highest BCUT2D eigenvalue weighted by Crippen LogP contribution is 2.33. The van der Waals surface area contributed by atoms with E-state index < -0.39 is 4.92 Å². The molecule has 6 heteroatoms. The molecule has 0 aliphatic carbocycles. The van der Waals surface area contributed by atoms with Crippen LogP contribution in [0.2, 0.25) is 0 Å². The fourth-order valence-electron chi connectivity index (χ4n) is 2.41. The zero-order chi connectivity index (χ0) is 16.4. The summed E-state index contributed by atoms with van der Waals surface area (Å²) in [5.41, 5.74) is 3.88. The molecule has 0 atom stereocenters. The maximum Gasteiger partial charge on any atom is 0.270 e. The van der Waals surface area contributed by atoms with E-state index in [4.69, 9.17) is 0 Å². The quantitative estimate of drug-likeness (QED) is 0.505. The topological polar surface area (TPSA) is 68.9 Å². The van der Waals surface area contributed by atoms with Crippen LogP contribution in [0.1, 0.15) is 25.3 Å². The van der Waals surface area contributed by atoms with Crippen molar-refractivity contribution in [2.75, 3.05) is 0 Å². The predicted molar refractivity (Wildman–Crippen MR) is 91.5 cm³/mol. The average molecular weight is 325 g/mol. The van der Waals surface area contributed by atoms with Crippen molar-refractivity contribution in [1.82, 2.24) is 9.97 Å². The van der Waals surface area contributed by atoms with E-state index in [1.807, 2.05) is 23.7 Å². The molecule has 0 radical (unpaired) electrons. The molecule has 2 aromatic heterocycles. The maximum absolute atomic E-state index is 10.9. The lowest BCUT2D eigenvalue weighted by atomic mass is 9.98. The molecule has 116 valence electrons. The van der Waals surface area contributed by atoms with Gasteiger partial charge in [-0.25, -0.2) is 4.98 Å². The number of hydrogen-bond acceptors (Lipinski definition) is 5. The Morgan fingerprint density at radius 2 is 2.09 bits per heavy atom. The molecule has 3 aromatic rings. The average Bonchev–Trinajstić information content (AvgIpc) is 3.05. The summed E-state index contributed by atoms with van der Waals surface area (Å²) in [4.78, 5) is 19.4. The summed E-state index contributed by atoms with van der Waals surface area (Å²) in [6.07, 6.45) is 3.61. The van der Waals surface area contributed by atoms with Crippen molar-refractivity contribution in [3.05, 3.63) is 63.8 Å². The van der Waals surface area contributed by atoms with E-state index in [1.54, 1.807) is 18.3 Å². The number of aromatic nitrogens is 2. The van der Waals surface area contributed by atoms with Gasteiger partial charge in [-0.1, -0.05) is 26.0 Å². The van der Waals surface area contributed by atoms with Crippen LogP contribution in [0.5, 0.6) is 0 Å². The van der Waals surface area contributed by atoms with Crippen molar-refractivity contribution < 1.29 is 4.92 Å². The third kappa shape index (κ3) is 3.12. The van der Waals surface area contributed by atoms with Gasteiger partial charge in [0.15, 0.2) is 0 Å². The first-order valence-corrected chi connectivity index (χ1v) is 8.09. The van der Waals surface area contributed by atoms with E-state index in [-0.39, 0.29) is 5.69 Å².